The lowest BCUT2D eigenvalue weighted by molar-refractivity contribution is 0.0695. The van der Waals surface area contributed by atoms with Crippen molar-refractivity contribution < 1.29 is 18.3 Å². The van der Waals surface area contributed by atoms with E-state index in [1.807, 2.05) is 6.92 Å². The van der Waals surface area contributed by atoms with Gasteiger partial charge in [-0.2, -0.15) is 0 Å². The number of carboxylic acid groups (broad SMARTS) is 1. The molecule has 0 amide bonds. The largest absolute Gasteiger partial charge is 0.478 e. The Kier molecular flexibility index (Phi) is 3.41. The Labute approximate surface area is 106 Å². The number of benzene rings is 1. The van der Waals surface area contributed by atoms with Crippen LogP contribution in [0.3, 0.4) is 0 Å². The second-order valence-corrected chi connectivity index (χ2v) is 6.09. The minimum atomic E-state index is -3.59. The molecule has 18 heavy (non-hydrogen) atoms. The van der Waals surface area contributed by atoms with E-state index in [9.17, 15) is 13.2 Å². The van der Waals surface area contributed by atoms with Crippen molar-refractivity contribution in [3.8, 4) is 0 Å². The molecule has 1 aliphatic rings. The highest BCUT2D eigenvalue weighted by molar-refractivity contribution is 7.89. The number of nitrogens with one attached hydrogen (secondary N) is 1. The number of hydrogen-bond donors (Lipinski definition) is 2. The van der Waals surface area contributed by atoms with Crippen LogP contribution in [-0.4, -0.2) is 25.5 Å². The first-order valence-electron chi connectivity index (χ1n) is 5.82. The van der Waals surface area contributed by atoms with E-state index in [1.54, 1.807) is 6.07 Å². The van der Waals surface area contributed by atoms with Gasteiger partial charge < -0.3 is 5.11 Å². The maximum atomic E-state index is 12.0. The smallest absolute Gasteiger partial charge is 0.336 e. The summed E-state index contributed by atoms with van der Waals surface area (Å²) in [4.78, 5) is 11.1. The number of sulfonamides is 1. The van der Waals surface area contributed by atoms with Gasteiger partial charge in [0.1, 0.15) is 0 Å². The van der Waals surface area contributed by atoms with Crippen LogP contribution in [-0.2, 0) is 16.4 Å². The Morgan fingerprint density at radius 3 is 2.61 bits per heavy atom. The quantitative estimate of drug-likeness (QED) is 0.846. The van der Waals surface area contributed by atoms with Crippen LogP contribution in [0.25, 0.3) is 0 Å². The molecule has 0 bridgehead atoms. The molecule has 0 unspecified atom stereocenters. The molecular formula is C12H15NO4S. The first kappa shape index (κ1) is 13.0. The summed E-state index contributed by atoms with van der Waals surface area (Å²) in [6.45, 7) is 1.83. The van der Waals surface area contributed by atoms with Gasteiger partial charge in [-0.25, -0.2) is 17.9 Å². The van der Waals surface area contributed by atoms with Crippen molar-refractivity contribution in [2.45, 2.75) is 37.1 Å². The summed E-state index contributed by atoms with van der Waals surface area (Å²) < 4.78 is 26.4. The zero-order chi connectivity index (χ0) is 13.3. The van der Waals surface area contributed by atoms with E-state index in [2.05, 4.69) is 4.72 Å². The molecular weight excluding hydrogens is 254 g/mol. The number of carbonyl (C=O) groups is 1. The molecule has 0 aliphatic heterocycles. The summed E-state index contributed by atoms with van der Waals surface area (Å²) in [5.41, 5.74) is 0.684. The average molecular weight is 269 g/mol. The monoisotopic (exact) mass is 269 g/mol. The van der Waals surface area contributed by atoms with Crippen LogP contribution in [0.1, 0.15) is 35.7 Å². The van der Waals surface area contributed by atoms with Crippen LogP contribution in [0, 0.1) is 0 Å². The Bertz CT molecular complexity index is 576. The number of rotatable bonds is 5. The predicted molar refractivity (Wildman–Crippen MR) is 66.1 cm³/mol. The van der Waals surface area contributed by atoms with E-state index in [0.717, 1.165) is 12.8 Å². The molecule has 98 valence electrons. The lowest BCUT2D eigenvalue weighted by atomic mass is 10.1. The van der Waals surface area contributed by atoms with Crippen LogP contribution in [0.2, 0.25) is 0 Å². The van der Waals surface area contributed by atoms with Gasteiger partial charge in [0, 0.05) is 6.04 Å². The van der Waals surface area contributed by atoms with Crippen LogP contribution >= 0.6 is 0 Å². The number of aryl methyl sites for hydroxylation is 1. The Hall–Kier alpha value is -1.40. The minimum absolute atomic E-state index is 0.00845. The van der Waals surface area contributed by atoms with Crippen molar-refractivity contribution in [1.82, 2.24) is 4.72 Å². The molecule has 0 heterocycles. The SMILES string of the molecule is CCc1ccc(S(=O)(=O)NC2CC2)cc1C(=O)O. The first-order chi connectivity index (χ1) is 8.44. The maximum absolute atomic E-state index is 12.0. The summed E-state index contributed by atoms with van der Waals surface area (Å²) >= 11 is 0. The molecule has 1 aromatic rings. The van der Waals surface area contributed by atoms with Gasteiger partial charge in [0.2, 0.25) is 10.0 Å². The van der Waals surface area contributed by atoms with Crippen LogP contribution in [0.15, 0.2) is 23.1 Å². The molecule has 1 aliphatic carbocycles. The molecule has 1 saturated carbocycles. The summed E-state index contributed by atoms with van der Waals surface area (Å²) in [6, 6.07) is 4.25. The Morgan fingerprint density at radius 2 is 2.11 bits per heavy atom. The number of carboxylic acids is 1. The normalized spacial score (nSPS) is 15.6. The molecule has 5 nitrogen and oxygen atoms in total. The highest BCUT2D eigenvalue weighted by Crippen LogP contribution is 2.23. The van der Waals surface area contributed by atoms with Gasteiger partial charge in [0.25, 0.3) is 0 Å². The van der Waals surface area contributed by atoms with Gasteiger partial charge in [-0.1, -0.05) is 13.0 Å². The molecule has 1 fully saturated rings. The van der Waals surface area contributed by atoms with Gasteiger partial charge in [0.05, 0.1) is 10.5 Å². The van der Waals surface area contributed by atoms with Crippen LogP contribution in [0.5, 0.6) is 0 Å². The summed E-state index contributed by atoms with van der Waals surface area (Å²) in [5, 5.41) is 9.07. The second kappa shape index (κ2) is 4.70. The van der Waals surface area contributed by atoms with Gasteiger partial charge >= 0.3 is 5.97 Å². The highest BCUT2D eigenvalue weighted by Gasteiger charge is 2.28. The fourth-order valence-corrected chi connectivity index (χ4v) is 3.05. The molecule has 6 heteroatoms. The lowest BCUT2D eigenvalue weighted by Crippen LogP contribution is -2.26. The molecule has 1 aromatic carbocycles. The Morgan fingerprint density at radius 1 is 1.44 bits per heavy atom. The van der Waals surface area contributed by atoms with Gasteiger partial charge in [0.15, 0.2) is 0 Å². The summed E-state index contributed by atoms with van der Waals surface area (Å²) in [6.07, 6.45) is 2.24. The highest BCUT2D eigenvalue weighted by atomic mass is 32.2. The molecule has 0 saturated heterocycles. The van der Waals surface area contributed by atoms with Crippen molar-refractivity contribution in [2.75, 3.05) is 0 Å². The fraction of sp³-hybridized carbons (Fsp3) is 0.417. The molecule has 0 spiro atoms. The van der Waals surface area contributed by atoms with Crippen molar-refractivity contribution in [1.29, 1.82) is 0 Å². The van der Waals surface area contributed by atoms with Crippen molar-refractivity contribution in [3.05, 3.63) is 29.3 Å². The first-order valence-corrected chi connectivity index (χ1v) is 7.31. The second-order valence-electron chi connectivity index (χ2n) is 4.37. The van der Waals surface area contributed by atoms with Crippen LogP contribution in [0.4, 0.5) is 0 Å². The molecule has 2 N–H and O–H groups in total. The zero-order valence-electron chi connectivity index (χ0n) is 10.0. The third-order valence-corrected chi connectivity index (χ3v) is 4.42. The van der Waals surface area contributed by atoms with Gasteiger partial charge in [-0.05, 0) is 37.0 Å². The minimum Gasteiger partial charge on any atom is -0.478 e. The third-order valence-electron chi connectivity index (χ3n) is 2.90. The number of aromatic carboxylic acids is 1. The fourth-order valence-electron chi connectivity index (χ4n) is 1.72. The van der Waals surface area contributed by atoms with E-state index in [1.165, 1.54) is 12.1 Å². The van der Waals surface area contributed by atoms with Gasteiger partial charge in [-0.3, -0.25) is 0 Å². The zero-order valence-corrected chi connectivity index (χ0v) is 10.8. The van der Waals surface area contributed by atoms with E-state index in [4.69, 9.17) is 5.11 Å². The Balaban J connectivity index is 2.39. The molecule has 0 aromatic heterocycles. The van der Waals surface area contributed by atoms with Crippen molar-refractivity contribution in [3.63, 3.8) is 0 Å². The average Bonchev–Trinajstić information content (AvgIpc) is 3.11. The molecule has 0 atom stereocenters. The topological polar surface area (TPSA) is 83.5 Å². The maximum Gasteiger partial charge on any atom is 0.336 e. The van der Waals surface area contributed by atoms with Crippen molar-refractivity contribution in [2.24, 2.45) is 0 Å². The van der Waals surface area contributed by atoms with Crippen molar-refractivity contribution >= 4 is 16.0 Å². The van der Waals surface area contributed by atoms with E-state index >= 15 is 0 Å². The molecule has 0 radical (unpaired) electrons. The van der Waals surface area contributed by atoms with Crippen LogP contribution < -0.4 is 4.72 Å². The van der Waals surface area contributed by atoms with Gasteiger partial charge in [-0.15, -0.1) is 0 Å². The third kappa shape index (κ3) is 2.70. The standard InChI is InChI=1S/C12H15NO4S/c1-2-8-3-6-10(7-11(8)12(14)15)18(16,17)13-9-4-5-9/h3,6-7,9,13H,2,4-5H2,1H3,(H,14,15). The predicted octanol–water partition coefficient (Wildman–Crippen LogP) is 1.39. The van der Waals surface area contributed by atoms with E-state index in [0.29, 0.717) is 12.0 Å². The molecule has 2 rings (SSSR count). The lowest BCUT2D eigenvalue weighted by Gasteiger charge is -2.09. The number of hydrogen-bond acceptors (Lipinski definition) is 3. The summed E-state index contributed by atoms with van der Waals surface area (Å²) in [7, 11) is -3.59. The van der Waals surface area contributed by atoms with E-state index in [-0.39, 0.29) is 16.5 Å². The summed E-state index contributed by atoms with van der Waals surface area (Å²) in [5.74, 6) is -1.10. The van der Waals surface area contributed by atoms with E-state index < -0.39 is 16.0 Å².